The molecular formula is C16H17NO3S. The van der Waals surface area contributed by atoms with Crippen LogP contribution in [0.3, 0.4) is 0 Å². The van der Waals surface area contributed by atoms with E-state index in [4.69, 9.17) is 9.47 Å². The molecule has 0 saturated carbocycles. The Morgan fingerprint density at radius 2 is 2.14 bits per heavy atom. The molecule has 0 amide bonds. The van der Waals surface area contributed by atoms with Crippen LogP contribution in [0.4, 0.5) is 0 Å². The first-order valence-corrected chi connectivity index (χ1v) is 7.54. The molecule has 0 N–H and O–H groups in total. The predicted molar refractivity (Wildman–Crippen MR) is 83.8 cm³/mol. The summed E-state index contributed by atoms with van der Waals surface area (Å²) in [6.07, 6.45) is 1.24. The number of esters is 1. The van der Waals surface area contributed by atoms with Gasteiger partial charge in [0.15, 0.2) is 5.69 Å². The average molecular weight is 303 g/mol. The number of thiazole rings is 1. The molecule has 2 rings (SSSR count). The van der Waals surface area contributed by atoms with Gasteiger partial charge in [-0.15, -0.1) is 11.3 Å². The van der Waals surface area contributed by atoms with E-state index in [0.717, 1.165) is 16.3 Å². The van der Waals surface area contributed by atoms with E-state index in [1.54, 1.807) is 18.4 Å². The molecule has 0 aliphatic heterocycles. The first-order valence-electron chi connectivity index (χ1n) is 6.66. The van der Waals surface area contributed by atoms with Gasteiger partial charge in [-0.1, -0.05) is 12.7 Å². The monoisotopic (exact) mass is 303 g/mol. The van der Waals surface area contributed by atoms with E-state index in [-0.39, 0.29) is 6.10 Å². The Morgan fingerprint density at radius 1 is 1.43 bits per heavy atom. The number of benzene rings is 1. The van der Waals surface area contributed by atoms with Crippen molar-refractivity contribution in [1.29, 1.82) is 0 Å². The summed E-state index contributed by atoms with van der Waals surface area (Å²) in [7, 11) is 0. The highest BCUT2D eigenvalue weighted by atomic mass is 32.1. The molecule has 1 aromatic heterocycles. The number of hydrogen-bond donors (Lipinski definition) is 0. The molecule has 0 spiro atoms. The molecule has 0 saturated heterocycles. The highest BCUT2D eigenvalue weighted by Crippen LogP contribution is 2.26. The van der Waals surface area contributed by atoms with Crippen molar-refractivity contribution in [1.82, 2.24) is 4.98 Å². The van der Waals surface area contributed by atoms with Crippen molar-refractivity contribution in [3.05, 3.63) is 48.0 Å². The zero-order chi connectivity index (χ0) is 15.2. The Hall–Kier alpha value is -2.14. The van der Waals surface area contributed by atoms with Gasteiger partial charge in [0.25, 0.3) is 0 Å². The predicted octanol–water partition coefficient (Wildman–Crippen LogP) is 3.94. The van der Waals surface area contributed by atoms with E-state index < -0.39 is 5.97 Å². The summed E-state index contributed by atoms with van der Waals surface area (Å²) in [5.41, 5.74) is 1.26. The Bertz CT molecular complexity index is 619. The maximum Gasteiger partial charge on any atom is 0.358 e. The highest BCUT2D eigenvalue weighted by Gasteiger charge is 2.14. The number of carbonyl (C=O) groups is 1. The fourth-order valence-corrected chi connectivity index (χ4v) is 2.43. The summed E-state index contributed by atoms with van der Waals surface area (Å²) in [5, 5.41) is 2.47. The van der Waals surface area contributed by atoms with Gasteiger partial charge in [-0.3, -0.25) is 0 Å². The van der Waals surface area contributed by atoms with Gasteiger partial charge in [0.2, 0.25) is 0 Å². The average Bonchev–Trinajstić information content (AvgIpc) is 2.98. The van der Waals surface area contributed by atoms with Gasteiger partial charge in [0, 0.05) is 10.9 Å². The van der Waals surface area contributed by atoms with Crippen molar-refractivity contribution in [3.63, 3.8) is 0 Å². The minimum Gasteiger partial charge on any atom is -0.494 e. The number of carbonyl (C=O) groups excluding carboxylic acids is 1. The largest absolute Gasteiger partial charge is 0.494 e. The van der Waals surface area contributed by atoms with Crippen LogP contribution in [0.25, 0.3) is 10.6 Å². The molecule has 4 nitrogen and oxygen atoms in total. The quantitative estimate of drug-likeness (QED) is 0.599. The van der Waals surface area contributed by atoms with E-state index in [0.29, 0.717) is 12.3 Å². The standard InChI is InChI=1S/C16H17NO3S/c1-4-11(3)20-16(18)14-10-21-15(17-14)12-6-8-13(9-7-12)19-5-2/h4,6-11H,1,5H2,2-3H3. The van der Waals surface area contributed by atoms with Crippen LogP contribution in [0.1, 0.15) is 24.3 Å². The second-order valence-electron chi connectivity index (χ2n) is 4.34. The van der Waals surface area contributed by atoms with Crippen molar-refractivity contribution in [2.24, 2.45) is 0 Å². The van der Waals surface area contributed by atoms with E-state index in [1.165, 1.54) is 11.3 Å². The van der Waals surface area contributed by atoms with Crippen LogP contribution >= 0.6 is 11.3 Å². The van der Waals surface area contributed by atoms with Crippen LogP contribution in [-0.2, 0) is 4.74 Å². The summed E-state index contributed by atoms with van der Waals surface area (Å²) in [6, 6.07) is 7.62. The molecule has 1 unspecified atom stereocenters. The minimum atomic E-state index is -0.434. The minimum absolute atomic E-state index is 0.317. The van der Waals surface area contributed by atoms with Crippen molar-refractivity contribution in [2.45, 2.75) is 20.0 Å². The summed E-state index contributed by atoms with van der Waals surface area (Å²) in [6.45, 7) is 7.91. The first-order chi connectivity index (χ1) is 10.1. The van der Waals surface area contributed by atoms with Crippen molar-refractivity contribution in [2.75, 3.05) is 6.61 Å². The highest BCUT2D eigenvalue weighted by molar-refractivity contribution is 7.13. The Balaban J connectivity index is 2.12. The smallest absolute Gasteiger partial charge is 0.358 e. The molecule has 21 heavy (non-hydrogen) atoms. The van der Waals surface area contributed by atoms with Crippen molar-refractivity contribution >= 4 is 17.3 Å². The van der Waals surface area contributed by atoms with Gasteiger partial charge in [-0.25, -0.2) is 9.78 Å². The number of nitrogens with zero attached hydrogens (tertiary/aromatic N) is 1. The molecule has 5 heteroatoms. The zero-order valence-corrected chi connectivity index (χ0v) is 12.9. The SMILES string of the molecule is C=CC(C)OC(=O)c1csc(-c2ccc(OCC)cc2)n1. The summed E-state index contributed by atoms with van der Waals surface area (Å²) in [5.74, 6) is 0.382. The second kappa shape index (κ2) is 7.04. The molecule has 2 aromatic rings. The molecule has 0 bridgehead atoms. The number of hydrogen-bond acceptors (Lipinski definition) is 5. The third-order valence-corrected chi connectivity index (χ3v) is 3.64. The van der Waals surface area contributed by atoms with Gasteiger partial charge in [-0.05, 0) is 38.1 Å². The maximum absolute atomic E-state index is 11.9. The lowest BCUT2D eigenvalue weighted by Gasteiger charge is -2.06. The number of aromatic nitrogens is 1. The Labute approximate surface area is 128 Å². The third-order valence-electron chi connectivity index (χ3n) is 2.75. The molecule has 1 heterocycles. The van der Waals surface area contributed by atoms with Crippen LogP contribution in [-0.4, -0.2) is 23.7 Å². The van der Waals surface area contributed by atoms with Crippen LogP contribution < -0.4 is 4.74 Å². The lowest BCUT2D eigenvalue weighted by molar-refractivity contribution is 0.0419. The van der Waals surface area contributed by atoms with E-state index in [9.17, 15) is 4.79 Å². The lowest BCUT2D eigenvalue weighted by atomic mass is 10.2. The van der Waals surface area contributed by atoms with Gasteiger partial charge in [0.1, 0.15) is 16.9 Å². The van der Waals surface area contributed by atoms with Gasteiger partial charge in [-0.2, -0.15) is 0 Å². The van der Waals surface area contributed by atoms with E-state index in [2.05, 4.69) is 11.6 Å². The van der Waals surface area contributed by atoms with Crippen molar-refractivity contribution < 1.29 is 14.3 Å². The van der Waals surface area contributed by atoms with Gasteiger partial charge in [0.05, 0.1) is 6.61 Å². The molecule has 110 valence electrons. The first kappa shape index (κ1) is 15.3. The molecular weight excluding hydrogens is 286 g/mol. The molecule has 0 aliphatic rings. The Kier molecular flexibility index (Phi) is 5.11. The Morgan fingerprint density at radius 3 is 2.76 bits per heavy atom. The summed E-state index contributed by atoms with van der Waals surface area (Å²) < 4.78 is 10.5. The van der Waals surface area contributed by atoms with Crippen LogP contribution in [0.15, 0.2) is 42.3 Å². The van der Waals surface area contributed by atoms with Crippen molar-refractivity contribution in [3.8, 4) is 16.3 Å². The lowest BCUT2D eigenvalue weighted by Crippen LogP contribution is -2.12. The number of ether oxygens (including phenoxy) is 2. The van der Waals surface area contributed by atoms with Crippen LogP contribution in [0.5, 0.6) is 5.75 Å². The topological polar surface area (TPSA) is 48.4 Å². The fourth-order valence-electron chi connectivity index (χ4n) is 1.64. The summed E-state index contributed by atoms with van der Waals surface area (Å²) >= 11 is 1.41. The third kappa shape index (κ3) is 3.92. The number of rotatable bonds is 6. The zero-order valence-electron chi connectivity index (χ0n) is 12.0. The molecule has 0 aliphatic carbocycles. The molecule has 0 radical (unpaired) electrons. The van der Waals surface area contributed by atoms with Gasteiger partial charge >= 0.3 is 5.97 Å². The van der Waals surface area contributed by atoms with E-state index in [1.807, 2.05) is 31.2 Å². The normalized spacial score (nSPS) is 11.7. The maximum atomic E-state index is 11.9. The second-order valence-corrected chi connectivity index (χ2v) is 5.20. The van der Waals surface area contributed by atoms with E-state index >= 15 is 0 Å². The molecule has 1 atom stereocenters. The summed E-state index contributed by atoms with van der Waals surface area (Å²) in [4.78, 5) is 16.2. The fraction of sp³-hybridized carbons (Fsp3) is 0.250. The van der Waals surface area contributed by atoms with Gasteiger partial charge < -0.3 is 9.47 Å². The molecule has 1 aromatic carbocycles. The van der Waals surface area contributed by atoms with Crippen LogP contribution in [0, 0.1) is 0 Å². The molecule has 0 fully saturated rings. The van der Waals surface area contributed by atoms with Crippen LogP contribution in [0.2, 0.25) is 0 Å².